The van der Waals surface area contributed by atoms with Gasteiger partial charge in [0.05, 0.1) is 12.6 Å². The molecule has 3 aromatic rings. The van der Waals surface area contributed by atoms with E-state index in [-0.39, 0.29) is 5.97 Å². The van der Waals surface area contributed by atoms with Crippen LogP contribution in [0.25, 0.3) is 16.8 Å². The molecule has 1 aromatic carbocycles. The van der Waals surface area contributed by atoms with Crippen LogP contribution in [0.3, 0.4) is 0 Å². The van der Waals surface area contributed by atoms with Crippen LogP contribution in [0.1, 0.15) is 10.4 Å². The number of esters is 1. The molecule has 0 aliphatic rings. The zero-order valence-corrected chi connectivity index (χ0v) is 12.9. The second-order valence-electron chi connectivity index (χ2n) is 4.26. The summed E-state index contributed by atoms with van der Waals surface area (Å²) in [6.07, 6.45) is 1.88. The minimum Gasteiger partial charge on any atom is -0.465 e. The standard InChI is InChI=1S/C15H11IN2O2/c1-20-15(19)13-12-8-7-11(16)9-18(12)17-14(13)10-5-3-2-4-6-10/h2-9H,1H3. The van der Waals surface area contributed by atoms with Crippen molar-refractivity contribution >= 4 is 34.1 Å². The van der Waals surface area contributed by atoms with Gasteiger partial charge in [-0.15, -0.1) is 0 Å². The zero-order valence-electron chi connectivity index (χ0n) is 10.7. The number of rotatable bonds is 2. The molecule has 3 rings (SSSR count). The Labute approximate surface area is 129 Å². The van der Waals surface area contributed by atoms with Gasteiger partial charge in [-0.05, 0) is 34.7 Å². The van der Waals surface area contributed by atoms with Crippen LogP contribution in [0.15, 0.2) is 48.7 Å². The first-order valence-corrected chi connectivity index (χ1v) is 7.10. The summed E-state index contributed by atoms with van der Waals surface area (Å²) < 4.78 is 7.67. The van der Waals surface area contributed by atoms with E-state index in [4.69, 9.17) is 4.74 Å². The van der Waals surface area contributed by atoms with E-state index in [1.165, 1.54) is 7.11 Å². The number of hydrogen-bond donors (Lipinski definition) is 0. The van der Waals surface area contributed by atoms with Gasteiger partial charge in [-0.2, -0.15) is 5.10 Å². The molecular weight excluding hydrogens is 367 g/mol. The Hall–Kier alpha value is -1.89. The highest BCUT2D eigenvalue weighted by molar-refractivity contribution is 14.1. The summed E-state index contributed by atoms with van der Waals surface area (Å²) in [5.41, 5.74) is 2.78. The fourth-order valence-corrected chi connectivity index (χ4v) is 2.57. The van der Waals surface area contributed by atoms with Gasteiger partial charge in [0, 0.05) is 15.3 Å². The van der Waals surface area contributed by atoms with Gasteiger partial charge < -0.3 is 4.74 Å². The Morgan fingerprint density at radius 2 is 1.95 bits per heavy atom. The molecule has 0 unspecified atom stereocenters. The summed E-state index contributed by atoms with van der Waals surface area (Å²) in [6, 6.07) is 13.5. The highest BCUT2D eigenvalue weighted by atomic mass is 127. The van der Waals surface area contributed by atoms with Gasteiger partial charge >= 0.3 is 5.97 Å². The average molecular weight is 378 g/mol. The molecule has 0 atom stereocenters. The number of carbonyl (C=O) groups is 1. The van der Waals surface area contributed by atoms with Crippen LogP contribution in [0.2, 0.25) is 0 Å². The average Bonchev–Trinajstić information content (AvgIpc) is 2.85. The minimum atomic E-state index is -0.375. The van der Waals surface area contributed by atoms with E-state index in [0.717, 1.165) is 14.7 Å². The largest absolute Gasteiger partial charge is 0.465 e. The Balaban J connectivity index is 2.33. The molecule has 5 heteroatoms. The first-order chi connectivity index (χ1) is 9.70. The molecule has 0 aliphatic carbocycles. The van der Waals surface area contributed by atoms with E-state index in [2.05, 4.69) is 27.7 Å². The quantitative estimate of drug-likeness (QED) is 0.507. The molecule has 20 heavy (non-hydrogen) atoms. The normalized spacial score (nSPS) is 10.7. The summed E-state index contributed by atoms with van der Waals surface area (Å²) in [4.78, 5) is 12.1. The second kappa shape index (κ2) is 5.24. The molecule has 0 aliphatic heterocycles. The first kappa shape index (κ1) is 13.1. The molecular formula is C15H11IN2O2. The molecule has 0 radical (unpaired) electrons. The lowest BCUT2D eigenvalue weighted by atomic mass is 10.1. The third-order valence-corrected chi connectivity index (χ3v) is 3.67. The molecule has 2 aromatic heterocycles. The van der Waals surface area contributed by atoms with Crippen molar-refractivity contribution < 1.29 is 9.53 Å². The van der Waals surface area contributed by atoms with Crippen LogP contribution in [0, 0.1) is 3.57 Å². The Morgan fingerprint density at radius 3 is 2.65 bits per heavy atom. The highest BCUT2D eigenvalue weighted by Crippen LogP contribution is 2.27. The fourth-order valence-electron chi connectivity index (χ4n) is 2.13. The Kier molecular flexibility index (Phi) is 3.43. The molecule has 100 valence electrons. The molecule has 0 bridgehead atoms. The monoisotopic (exact) mass is 378 g/mol. The number of fused-ring (bicyclic) bond motifs is 1. The van der Waals surface area contributed by atoms with Gasteiger partial charge in [0.15, 0.2) is 0 Å². The van der Waals surface area contributed by atoms with Gasteiger partial charge in [-0.1, -0.05) is 30.3 Å². The Morgan fingerprint density at radius 1 is 1.20 bits per heavy atom. The van der Waals surface area contributed by atoms with Crippen molar-refractivity contribution in [3.05, 3.63) is 57.8 Å². The predicted molar refractivity (Wildman–Crippen MR) is 84.7 cm³/mol. The number of benzene rings is 1. The van der Waals surface area contributed by atoms with Crippen LogP contribution in [-0.2, 0) is 4.74 Å². The van der Waals surface area contributed by atoms with Gasteiger partial charge in [0.25, 0.3) is 0 Å². The predicted octanol–water partition coefficient (Wildman–Crippen LogP) is 3.39. The summed E-state index contributed by atoms with van der Waals surface area (Å²) in [7, 11) is 1.38. The minimum absolute atomic E-state index is 0.375. The third-order valence-electron chi connectivity index (χ3n) is 3.03. The van der Waals surface area contributed by atoms with Crippen LogP contribution in [-0.4, -0.2) is 22.7 Å². The van der Waals surface area contributed by atoms with Crippen molar-refractivity contribution in [1.82, 2.24) is 9.61 Å². The molecule has 4 nitrogen and oxygen atoms in total. The smallest absolute Gasteiger partial charge is 0.342 e. The van der Waals surface area contributed by atoms with Gasteiger partial charge in [-0.3, -0.25) is 0 Å². The molecule has 0 fully saturated rings. The number of aromatic nitrogens is 2. The summed E-state index contributed by atoms with van der Waals surface area (Å²) >= 11 is 2.21. The maximum absolute atomic E-state index is 12.1. The number of hydrogen-bond acceptors (Lipinski definition) is 3. The highest BCUT2D eigenvalue weighted by Gasteiger charge is 2.21. The molecule has 0 saturated heterocycles. The van der Waals surface area contributed by atoms with Crippen molar-refractivity contribution in [3.63, 3.8) is 0 Å². The van der Waals surface area contributed by atoms with Gasteiger partial charge in [0.1, 0.15) is 11.3 Å². The number of methoxy groups -OCH3 is 1. The lowest BCUT2D eigenvalue weighted by Gasteiger charge is -2.01. The van der Waals surface area contributed by atoms with E-state index in [9.17, 15) is 4.79 Å². The van der Waals surface area contributed by atoms with E-state index >= 15 is 0 Å². The SMILES string of the molecule is COC(=O)c1c(-c2ccccc2)nn2cc(I)ccc12. The van der Waals surface area contributed by atoms with Crippen LogP contribution in [0.5, 0.6) is 0 Å². The maximum atomic E-state index is 12.1. The number of halogens is 1. The summed E-state index contributed by atoms with van der Waals surface area (Å²) in [5, 5.41) is 4.52. The maximum Gasteiger partial charge on any atom is 0.342 e. The molecule has 0 amide bonds. The Bertz CT molecular complexity index is 781. The fraction of sp³-hybridized carbons (Fsp3) is 0.0667. The number of ether oxygens (including phenoxy) is 1. The van der Waals surface area contributed by atoms with Crippen molar-refractivity contribution in [3.8, 4) is 11.3 Å². The molecule has 0 spiro atoms. The number of nitrogens with zero attached hydrogens (tertiary/aromatic N) is 2. The lowest BCUT2D eigenvalue weighted by Crippen LogP contribution is -2.02. The molecule has 0 saturated carbocycles. The van der Waals surface area contributed by atoms with Gasteiger partial charge in [0.2, 0.25) is 0 Å². The van der Waals surface area contributed by atoms with E-state index in [1.807, 2.05) is 48.7 Å². The molecule has 0 N–H and O–H groups in total. The first-order valence-electron chi connectivity index (χ1n) is 6.02. The van der Waals surface area contributed by atoms with E-state index < -0.39 is 0 Å². The van der Waals surface area contributed by atoms with Crippen LogP contribution >= 0.6 is 22.6 Å². The summed E-state index contributed by atoms with van der Waals surface area (Å²) in [6.45, 7) is 0. The number of carbonyl (C=O) groups excluding carboxylic acids is 1. The molecule has 2 heterocycles. The second-order valence-corrected chi connectivity index (χ2v) is 5.50. The summed E-state index contributed by atoms with van der Waals surface area (Å²) in [5.74, 6) is -0.375. The van der Waals surface area contributed by atoms with Crippen LogP contribution < -0.4 is 0 Å². The van der Waals surface area contributed by atoms with Crippen LogP contribution in [0.4, 0.5) is 0 Å². The van der Waals surface area contributed by atoms with E-state index in [0.29, 0.717) is 11.3 Å². The van der Waals surface area contributed by atoms with E-state index in [1.54, 1.807) is 4.52 Å². The van der Waals surface area contributed by atoms with Crippen molar-refractivity contribution in [2.24, 2.45) is 0 Å². The number of pyridine rings is 1. The zero-order chi connectivity index (χ0) is 14.1. The van der Waals surface area contributed by atoms with Crippen molar-refractivity contribution in [2.45, 2.75) is 0 Å². The van der Waals surface area contributed by atoms with Crippen molar-refractivity contribution in [2.75, 3.05) is 7.11 Å². The van der Waals surface area contributed by atoms with Gasteiger partial charge in [-0.25, -0.2) is 9.31 Å². The topological polar surface area (TPSA) is 43.6 Å². The third kappa shape index (κ3) is 2.18. The van der Waals surface area contributed by atoms with Crippen molar-refractivity contribution in [1.29, 1.82) is 0 Å². The lowest BCUT2D eigenvalue weighted by molar-refractivity contribution is 0.0604.